The molecule has 0 radical (unpaired) electrons. The fraction of sp³-hybridized carbons (Fsp3) is 0.444. The summed E-state index contributed by atoms with van der Waals surface area (Å²) in [5.74, 6) is 1.60. The van der Waals surface area contributed by atoms with Crippen LogP contribution in [-0.4, -0.2) is 67.6 Å². The Bertz CT molecular complexity index is 1380. The lowest BCUT2D eigenvalue weighted by Gasteiger charge is -2.39. The van der Waals surface area contributed by atoms with Gasteiger partial charge in [-0.05, 0) is 107 Å². The van der Waals surface area contributed by atoms with Crippen molar-refractivity contribution in [3.8, 4) is 0 Å². The standard InChI is InChI=1S/C36H46FN3O4/c1-7-32(35(41)44-11-5)38-34(8-2)40-25-36(23-26(40)6)16-18-39(19-17-36)24-27-20-30(42-9-3)22-31(33(21-27)43-10-4)28-12-14-29(37)15-13-28/h7-8,12-15,20-21H,2,6,9-11,16-19,22-25H2,1,3-5H3. The molecule has 4 rings (SSSR count). The Hall–Kier alpha value is -3.91. The van der Waals surface area contributed by atoms with Gasteiger partial charge in [0.1, 0.15) is 28.9 Å². The molecular weight excluding hydrogens is 557 g/mol. The number of ether oxygens (including phenoxy) is 3. The number of halogens is 1. The van der Waals surface area contributed by atoms with E-state index in [2.05, 4.69) is 40.1 Å². The summed E-state index contributed by atoms with van der Waals surface area (Å²) in [4.78, 5) is 21.5. The number of allylic oxidation sites excluding steroid dienone is 4. The lowest BCUT2D eigenvalue weighted by atomic mass is 9.77. The molecule has 2 saturated heterocycles. The molecule has 0 bridgehead atoms. The van der Waals surface area contributed by atoms with Crippen LogP contribution < -0.4 is 0 Å². The third-order valence-corrected chi connectivity index (χ3v) is 8.36. The van der Waals surface area contributed by atoms with Crippen molar-refractivity contribution in [2.24, 2.45) is 10.4 Å². The van der Waals surface area contributed by atoms with Gasteiger partial charge in [-0.2, -0.15) is 0 Å². The number of aliphatic imine (C=N–C) groups is 1. The quantitative estimate of drug-likeness (QED) is 0.116. The zero-order valence-electron chi connectivity index (χ0n) is 26.7. The smallest absolute Gasteiger partial charge is 0.356 e. The SMILES string of the molecule is C=CC(=NC(=CC)C(=O)OCC)N1CC2(CCN(CC3=CC(OCC)=C(c4ccc(F)cc4)CC(OCC)=C3)CC2)CC1=C. The fourth-order valence-electron chi connectivity index (χ4n) is 6.19. The molecule has 7 nitrogen and oxygen atoms in total. The van der Waals surface area contributed by atoms with E-state index < -0.39 is 5.97 Å². The molecule has 0 aromatic heterocycles. The number of carbonyl (C=O) groups excluding carboxylic acids is 1. The Labute approximate surface area is 261 Å². The molecule has 1 aromatic carbocycles. The van der Waals surface area contributed by atoms with Crippen molar-refractivity contribution in [2.75, 3.05) is 46.0 Å². The van der Waals surface area contributed by atoms with E-state index in [1.807, 2.05) is 13.8 Å². The Kier molecular flexibility index (Phi) is 11.4. The molecule has 3 aliphatic rings. The van der Waals surface area contributed by atoms with Crippen LogP contribution in [0.25, 0.3) is 5.57 Å². The molecule has 8 heteroatoms. The predicted octanol–water partition coefficient (Wildman–Crippen LogP) is 7.18. The summed E-state index contributed by atoms with van der Waals surface area (Å²) in [6.07, 6.45) is 11.1. The van der Waals surface area contributed by atoms with Gasteiger partial charge in [0, 0.05) is 30.8 Å². The number of esters is 1. The van der Waals surface area contributed by atoms with Crippen LogP contribution in [0.2, 0.25) is 0 Å². The zero-order chi connectivity index (χ0) is 31.7. The minimum absolute atomic E-state index is 0.0909. The van der Waals surface area contributed by atoms with Crippen molar-refractivity contribution in [1.82, 2.24) is 9.80 Å². The van der Waals surface area contributed by atoms with E-state index in [1.54, 1.807) is 38.1 Å². The number of benzene rings is 1. The van der Waals surface area contributed by atoms with E-state index in [0.717, 1.165) is 79.4 Å². The van der Waals surface area contributed by atoms with Crippen LogP contribution >= 0.6 is 0 Å². The number of rotatable bonds is 11. The van der Waals surface area contributed by atoms with Crippen molar-refractivity contribution in [1.29, 1.82) is 0 Å². The van der Waals surface area contributed by atoms with Crippen molar-refractivity contribution in [2.45, 2.75) is 53.4 Å². The minimum Gasteiger partial charge on any atom is -0.498 e. The van der Waals surface area contributed by atoms with Gasteiger partial charge in [-0.1, -0.05) is 31.4 Å². The van der Waals surface area contributed by atoms with Crippen LogP contribution in [-0.2, 0) is 19.0 Å². The molecule has 44 heavy (non-hydrogen) atoms. The summed E-state index contributed by atoms with van der Waals surface area (Å²) < 4.78 is 31.0. The van der Waals surface area contributed by atoms with E-state index in [1.165, 1.54) is 12.1 Å². The second-order valence-corrected chi connectivity index (χ2v) is 11.4. The number of amidine groups is 1. The molecular formula is C36H46FN3O4. The van der Waals surface area contributed by atoms with Crippen LogP contribution in [0.3, 0.4) is 0 Å². The number of nitrogens with zero attached hydrogens (tertiary/aromatic N) is 3. The van der Waals surface area contributed by atoms with Crippen molar-refractivity contribution < 1.29 is 23.4 Å². The summed E-state index contributed by atoms with van der Waals surface area (Å²) >= 11 is 0. The second-order valence-electron chi connectivity index (χ2n) is 11.4. The number of likely N-dealkylation sites (tertiary alicyclic amines) is 2. The first-order chi connectivity index (χ1) is 21.2. The highest BCUT2D eigenvalue weighted by Gasteiger charge is 2.43. The number of piperidine rings is 1. The van der Waals surface area contributed by atoms with E-state index in [4.69, 9.17) is 14.2 Å². The Morgan fingerprint density at radius 1 is 1.07 bits per heavy atom. The summed E-state index contributed by atoms with van der Waals surface area (Å²) in [5.41, 5.74) is 4.40. The Balaban J connectivity index is 1.49. The van der Waals surface area contributed by atoms with Gasteiger partial charge >= 0.3 is 5.97 Å². The topological polar surface area (TPSA) is 63.6 Å². The van der Waals surface area contributed by atoms with Crippen molar-refractivity contribution in [3.05, 3.63) is 102 Å². The van der Waals surface area contributed by atoms with Gasteiger partial charge in [0.25, 0.3) is 0 Å². The summed E-state index contributed by atoms with van der Waals surface area (Å²) in [5, 5.41) is 0. The first kappa shape index (κ1) is 33.0. The van der Waals surface area contributed by atoms with E-state index in [-0.39, 0.29) is 16.9 Å². The van der Waals surface area contributed by atoms with Gasteiger partial charge in [-0.3, -0.25) is 4.90 Å². The molecule has 1 aliphatic carbocycles. The number of carbonyl (C=O) groups is 1. The molecule has 2 fully saturated rings. The Morgan fingerprint density at radius 2 is 1.77 bits per heavy atom. The van der Waals surface area contributed by atoms with E-state index >= 15 is 0 Å². The average Bonchev–Trinajstić information content (AvgIpc) is 3.22. The molecule has 2 heterocycles. The minimum atomic E-state index is -0.441. The van der Waals surface area contributed by atoms with Crippen LogP contribution in [0.1, 0.15) is 58.9 Å². The summed E-state index contributed by atoms with van der Waals surface area (Å²) in [7, 11) is 0. The third-order valence-electron chi connectivity index (χ3n) is 8.36. The van der Waals surface area contributed by atoms with Gasteiger partial charge in [-0.25, -0.2) is 14.2 Å². The van der Waals surface area contributed by atoms with E-state index in [0.29, 0.717) is 32.1 Å². The summed E-state index contributed by atoms with van der Waals surface area (Å²) in [6.45, 7) is 20.7. The van der Waals surface area contributed by atoms with Gasteiger partial charge < -0.3 is 19.1 Å². The normalized spacial score (nSPS) is 19.5. The lowest BCUT2D eigenvalue weighted by Crippen LogP contribution is -2.42. The number of hydrogen-bond acceptors (Lipinski definition) is 6. The number of hydrogen-bond donors (Lipinski definition) is 0. The van der Waals surface area contributed by atoms with Crippen molar-refractivity contribution >= 4 is 17.4 Å². The second kappa shape index (κ2) is 15.2. The molecule has 0 amide bonds. The fourth-order valence-corrected chi connectivity index (χ4v) is 6.19. The monoisotopic (exact) mass is 603 g/mol. The predicted molar refractivity (Wildman–Crippen MR) is 174 cm³/mol. The lowest BCUT2D eigenvalue weighted by molar-refractivity contribution is -0.138. The molecule has 236 valence electrons. The Morgan fingerprint density at radius 3 is 2.39 bits per heavy atom. The highest BCUT2D eigenvalue weighted by atomic mass is 19.1. The molecule has 0 saturated carbocycles. The molecule has 2 aliphatic heterocycles. The van der Waals surface area contributed by atoms with Crippen LogP contribution in [0.4, 0.5) is 4.39 Å². The maximum Gasteiger partial charge on any atom is 0.356 e. The van der Waals surface area contributed by atoms with E-state index in [9.17, 15) is 9.18 Å². The van der Waals surface area contributed by atoms with Gasteiger partial charge in [0.05, 0.1) is 19.8 Å². The maximum absolute atomic E-state index is 13.7. The molecule has 1 spiro atoms. The first-order valence-electron chi connectivity index (χ1n) is 15.6. The van der Waals surface area contributed by atoms with Gasteiger partial charge in [0.15, 0.2) is 0 Å². The molecule has 0 unspecified atom stereocenters. The largest absolute Gasteiger partial charge is 0.498 e. The van der Waals surface area contributed by atoms with Gasteiger partial charge in [0.2, 0.25) is 0 Å². The highest BCUT2D eigenvalue weighted by Crippen LogP contribution is 2.45. The third kappa shape index (κ3) is 7.97. The van der Waals surface area contributed by atoms with Crippen LogP contribution in [0.5, 0.6) is 0 Å². The average molecular weight is 604 g/mol. The highest BCUT2D eigenvalue weighted by molar-refractivity contribution is 5.99. The zero-order valence-corrected chi connectivity index (χ0v) is 26.7. The first-order valence-corrected chi connectivity index (χ1v) is 15.6. The van der Waals surface area contributed by atoms with Crippen LogP contribution in [0, 0.1) is 11.2 Å². The molecule has 0 atom stereocenters. The van der Waals surface area contributed by atoms with Crippen molar-refractivity contribution in [3.63, 3.8) is 0 Å². The maximum atomic E-state index is 13.7. The molecule has 1 aromatic rings. The van der Waals surface area contributed by atoms with Crippen LogP contribution in [0.15, 0.2) is 95.2 Å². The molecule has 0 N–H and O–H groups in total. The van der Waals surface area contributed by atoms with Gasteiger partial charge in [-0.15, -0.1) is 0 Å². The summed E-state index contributed by atoms with van der Waals surface area (Å²) in [6, 6.07) is 6.57.